The Morgan fingerprint density at radius 3 is 2.14 bits per heavy atom. The summed E-state index contributed by atoms with van der Waals surface area (Å²) in [4.78, 5) is 32.0. The van der Waals surface area contributed by atoms with Crippen LogP contribution in [0.25, 0.3) is 0 Å². The molecule has 6 rings (SSSR count). The van der Waals surface area contributed by atoms with Gasteiger partial charge in [0.15, 0.2) is 6.10 Å². The van der Waals surface area contributed by atoms with Crippen molar-refractivity contribution < 1.29 is 92.5 Å². The summed E-state index contributed by atoms with van der Waals surface area (Å²) in [5, 5.41) is 0. The van der Waals surface area contributed by atoms with E-state index in [4.69, 9.17) is 14.5 Å². The van der Waals surface area contributed by atoms with Crippen LogP contribution >= 0.6 is 7.82 Å². The van der Waals surface area contributed by atoms with Crippen LogP contribution in [-0.4, -0.2) is 12.4 Å². The summed E-state index contributed by atoms with van der Waals surface area (Å²) in [6.45, 7) is 0. The fourth-order valence-electron chi connectivity index (χ4n) is 5.59. The molecule has 0 aromatic heterocycles. The normalized spacial score (nSPS) is 38.1. The number of benzene rings is 1. The van der Waals surface area contributed by atoms with Crippen molar-refractivity contribution in [3.63, 3.8) is 0 Å². The Morgan fingerprint density at radius 2 is 1.61 bits per heavy atom. The van der Waals surface area contributed by atoms with E-state index in [1.165, 1.54) is 44.2 Å². The Balaban J connectivity index is 0.00000112. The fraction of sp³-hybridized carbons (Fsp3) is 0.667. The smallest absolute Gasteiger partial charge is 0.780 e. The van der Waals surface area contributed by atoms with Crippen LogP contribution in [0.3, 0.4) is 0 Å². The van der Waals surface area contributed by atoms with Crippen molar-refractivity contribution in [3.8, 4) is 5.75 Å². The third-order valence-electron chi connectivity index (χ3n) is 6.34. The molecule has 0 N–H and O–H groups in total. The van der Waals surface area contributed by atoms with Crippen LogP contribution in [0.2, 0.25) is 0 Å². The summed E-state index contributed by atoms with van der Waals surface area (Å²) in [5.41, 5.74) is 0.663. The topological polar surface area (TPSA) is 100 Å². The van der Waals surface area contributed by atoms with E-state index in [-0.39, 0.29) is 71.0 Å². The molecule has 1 aromatic rings. The van der Waals surface area contributed by atoms with Crippen molar-refractivity contribution in [1.29, 1.82) is 0 Å². The molecule has 0 amide bonds. The average Bonchev–Trinajstić information content (AvgIpc) is 2.51. The van der Waals surface area contributed by atoms with E-state index < -0.39 is 20.2 Å². The van der Waals surface area contributed by atoms with Gasteiger partial charge in [-0.15, -0.1) is 0 Å². The van der Waals surface area contributed by atoms with Gasteiger partial charge in [-0.25, -0.2) is 9.78 Å². The van der Waals surface area contributed by atoms with E-state index in [1.54, 1.807) is 12.1 Å². The van der Waals surface area contributed by atoms with Crippen molar-refractivity contribution in [2.45, 2.75) is 50.6 Å². The van der Waals surface area contributed by atoms with E-state index in [0.29, 0.717) is 17.4 Å². The van der Waals surface area contributed by atoms with E-state index in [2.05, 4.69) is 4.52 Å². The zero-order chi connectivity index (χ0) is 17.9. The van der Waals surface area contributed by atoms with Crippen LogP contribution in [0.4, 0.5) is 0 Å². The summed E-state index contributed by atoms with van der Waals surface area (Å²) in [5.74, 6) is 2.93. The van der Waals surface area contributed by atoms with Crippen LogP contribution in [-0.2, 0) is 19.1 Å². The fourth-order valence-corrected chi connectivity index (χ4v) is 5.96. The van der Waals surface area contributed by atoms with Crippen LogP contribution in [0.1, 0.15) is 43.8 Å². The second-order valence-corrected chi connectivity index (χ2v) is 9.20. The molecule has 1 aromatic carbocycles. The number of hydrogen-bond acceptors (Lipinski definition) is 7. The molecule has 4 saturated carbocycles. The first kappa shape index (κ1) is 23.7. The van der Waals surface area contributed by atoms with Crippen LogP contribution < -0.4 is 73.4 Å². The number of phosphoric ester groups is 1. The van der Waals surface area contributed by atoms with Gasteiger partial charge in [0.2, 0.25) is 6.29 Å². The van der Waals surface area contributed by atoms with Gasteiger partial charge in [-0.05, 0) is 73.5 Å². The van der Waals surface area contributed by atoms with Crippen molar-refractivity contribution in [3.05, 3.63) is 29.8 Å². The van der Waals surface area contributed by atoms with E-state index >= 15 is 0 Å². The predicted molar refractivity (Wildman–Crippen MR) is 85.3 cm³/mol. The standard InChI is InChI=1S/C18H23O7P.2Na/c19-26(20,21)25-15-3-1-2-12(9-15)17-18(24-23-17)22-16-13-5-10-4-11(7-13)8-14(16)6-10;;/h1-3,9-11,13-14,16-18H,4-8H2,(H2,19,20,21);;/q;2*+1/p-2. The van der Waals surface area contributed by atoms with E-state index in [1.807, 2.05) is 0 Å². The zero-order valence-corrected chi connectivity index (χ0v) is 21.1. The molecule has 1 saturated heterocycles. The minimum Gasteiger partial charge on any atom is -0.780 e. The van der Waals surface area contributed by atoms with Crippen molar-refractivity contribution in [2.75, 3.05) is 0 Å². The Hall–Kier alpha value is 1.05. The quantitative estimate of drug-likeness (QED) is 0.269. The molecule has 1 heterocycles. The number of hydrogen-bond donors (Lipinski definition) is 0. The number of ether oxygens (including phenoxy) is 1. The first-order valence-corrected chi connectivity index (χ1v) is 10.7. The van der Waals surface area contributed by atoms with Gasteiger partial charge in [-0.1, -0.05) is 12.1 Å². The molecule has 0 radical (unpaired) electrons. The molecular formula is C18H21Na2O7P. The van der Waals surface area contributed by atoms with Crippen LogP contribution in [0.5, 0.6) is 5.75 Å². The first-order chi connectivity index (χ1) is 12.4. The molecule has 10 heteroatoms. The summed E-state index contributed by atoms with van der Waals surface area (Å²) >= 11 is 0. The molecular weight excluding hydrogens is 405 g/mol. The Morgan fingerprint density at radius 1 is 0.964 bits per heavy atom. The first-order valence-electron chi connectivity index (χ1n) is 9.24. The molecule has 1 aliphatic heterocycles. The summed E-state index contributed by atoms with van der Waals surface area (Å²) < 4.78 is 21.5. The maximum Gasteiger partial charge on any atom is 1.00 e. The molecule has 28 heavy (non-hydrogen) atoms. The largest absolute Gasteiger partial charge is 1.00 e. The van der Waals surface area contributed by atoms with Gasteiger partial charge in [0.05, 0.1) is 6.10 Å². The van der Waals surface area contributed by atoms with Crippen molar-refractivity contribution in [1.82, 2.24) is 0 Å². The molecule has 4 bridgehead atoms. The summed E-state index contributed by atoms with van der Waals surface area (Å²) in [7, 11) is -5.09. The maximum absolute atomic E-state index is 10.8. The van der Waals surface area contributed by atoms with E-state index in [0.717, 1.165) is 11.8 Å². The Labute approximate surface area is 208 Å². The molecule has 7 nitrogen and oxygen atoms in total. The Kier molecular flexibility index (Phi) is 7.85. The second-order valence-electron chi connectivity index (χ2n) is 8.12. The summed E-state index contributed by atoms with van der Waals surface area (Å²) in [6, 6.07) is 6.28. The van der Waals surface area contributed by atoms with Crippen LogP contribution in [0, 0.1) is 23.7 Å². The predicted octanol–water partition coefficient (Wildman–Crippen LogP) is -3.93. The number of rotatable bonds is 5. The van der Waals surface area contributed by atoms with Gasteiger partial charge >= 0.3 is 59.1 Å². The molecule has 2 atom stereocenters. The molecule has 4 aliphatic carbocycles. The van der Waals surface area contributed by atoms with Gasteiger partial charge in [0.25, 0.3) is 0 Å². The van der Waals surface area contributed by atoms with Crippen molar-refractivity contribution in [2.24, 2.45) is 23.7 Å². The Bertz CT molecular complexity index is 714. The van der Waals surface area contributed by atoms with E-state index in [9.17, 15) is 14.4 Å². The summed E-state index contributed by atoms with van der Waals surface area (Å²) in [6.07, 6.45) is 5.64. The SMILES string of the molecule is O=P([O-])([O-])Oc1cccc(C2OOC2OC2C3CC4CC(C3)CC2C4)c1.[Na+].[Na+]. The third kappa shape index (κ3) is 4.93. The van der Waals surface area contributed by atoms with Gasteiger partial charge in [-0.2, -0.15) is 0 Å². The zero-order valence-electron chi connectivity index (χ0n) is 16.2. The third-order valence-corrected chi connectivity index (χ3v) is 6.77. The minimum atomic E-state index is -5.09. The second kappa shape index (κ2) is 9.27. The maximum atomic E-state index is 10.8. The van der Waals surface area contributed by atoms with Gasteiger partial charge in [-0.3, -0.25) is 0 Å². The molecule has 0 spiro atoms. The minimum absolute atomic E-state index is 0. The monoisotopic (exact) mass is 426 g/mol. The van der Waals surface area contributed by atoms with Gasteiger partial charge in [0, 0.05) is 0 Å². The van der Waals surface area contributed by atoms with Crippen molar-refractivity contribution >= 4 is 7.82 Å². The number of phosphoric acid groups is 1. The van der Waals surface area contributed by atoms with Crippen LogP contribution in [0.15, 0.2) is 24.3 Å². The molecule has 5 aliphatic rings. The van der Waals surface area contributed by atoms with Gasteiger partial charge < -0.3 is 23.6 Å². The molecule has 142 valence electrons. The average molecular weight is 426 g/mol. The molecule has 2 unspecified atom stereocenters. The van der Waals surface area contributed by atoms with Gasteiger partial charge in [0.1, 0.15) is 13.6 Å². The molecule has 5 fully saturated rings.